The number of allylic oxidation sites excluding steroid dienone is 5. The predicted molar refractivity (Wildman–Crippen MR) is 98.7 cm³/mol. The Kier molecular flexibility index (Phi) is 6.34. The number of ether oxygens (including phenoxy) is 1. The molecule has 0 radical (unpaired) electrons. The van der Waals surface area contributed by atoms with Gasteiger partial charge in [0.1, 0.15) is 0 Å². The fourth-order valence-electron chi connectivity index (χ4n) is 4.64. The van der Waals surface area contributed by atoms with Crippen molar-refractivity contribution in [3.8, 4) is 0 Å². The second kappa shape index (κ2) is 8.69. The zero-order chi connectivity index (χ0) is 16.8. The minimum atomic E-state index is -0.201. The van der Waals surface area contributed by atoms with Crippen LogP contribution in [0, 0.1) is 5.92 Å². The van der Waals surface area contributed by atoms with E-state index in [0.717, 1.165) is 18.8 Å². The molecule has 0 bridgehead atoms. The number of rotatable bonds is 3. The molecule has 0 N–H and O–H groups in total. The average Bonchev–Trinajstić information content (AvgIpc) is 3.21. The topological polar surface area (TPSA) is 26.3 Å². The second-order valence-corrected chi connectivity index (χ2v) is 7.73. The molecular weight excluding hydrogens is 296 g/mol. The van der Waals surface area contributed by atoms with E-state index in [1.165, 1.54) is 100 Å². The maximum absolute atomic E-state index is 12.0. The molecule has 1 fully saturated rings. The Labute approximate surface area is 147 Å². The smallest absolute Gasteiger partial charge is 0.331 e. The molecule has 2 nitrogen and oxygen atoms in total. The van der Waals surface area contributed by atoms with Crippen LogP contribution >= 0.6 is 0 Å². The Balaban J connectivity index is 1.84. The molecule has 24 heavy (non-hydrogen) atoms. The van der Waals surface area contributed by atoms with Crippen molar-refractivity contribution in [2.75, 3.05) is 7.11 Å². The summed E-state index contributed by atoms with van der Waals surface area (Å²) < 4.78 is 4.95. The van der Waals surface area contributed by atoms with Gasteiger partial charge in [0.05, 0.1) is 7.11 Å². The van der Waals surface area contributed by atoms with Crippen LogP contribution in [0.25, 0.3) is 0 Å². The number of methoxy groups -OCH3 is 1. The molecule has 0 atom stereocenters. The van der Waals surface area contributed by atoms with Crippen molar-refractivity contribution >= 4 is 5.97 Å². The Morgan fingerprint density at radius 1 is 1.04 bits per heavy atom. The molecule has 0 aromatic rings. The Morgan fingerprint density at radius 3 is 2.42 bits per heavy atom. The van der Waals surface area contributed by atoms with E-state index in [1.54, 1.807) is 6.08 Å². The highest BCUT2D eigenvalue weighted by atomic mass is 16.5. The highest BCUT2D eigenvalue weighted by molar-refractivity contribution is 5.86. The van der Waals surface area contributed by atoms with E-state index in [0.29, 0.717) is 0 Å². The van der Waals surface area contributed by atoms with Gasteiger partial charge >= 0.3 is 5.97 Å². The van der Waals surface area contributed by atoms with E-state index < -0.39 is 0 Å². The third kappa shape index (κ3) is 4.40. The average molecular weight is 328 g/mol. The van der Waals surface area contributed by atoms with E-state index in [-0.39, 0.29) is 5.97 Å². The zero-order valence-electron chi connectivity index (χ0n) is 15.2. The summed E-state index contributed by atoms with van der Waals surface area (Å²) in [6.07, 6.45) is 21.1. The lowest BCUT2D eigenvalue weighted by Crippen LogP contribution is -2.03. The van der Waals surface area contributed by atoms with Crippen LogP contribution in [0.1, 0.15) is 83.5 Å². The molecule has 0 aromatic carbocycles. The van der Waals surface area contributed by atoms with Crippen molar-refractivity contribution in [3.63, 3.8) is 0 Å². The van der Waals surface area contributed by atoms with Crippen LogP contribution in [0.4, 0.5) is 0 Å². The van der Waals surface area contributed by atoms with Crippen LogP contribution in [0.15, 0.2) is 34.4 Å². The third-order valence-electron chi connectivity index (χ3n) is 5.98. The lowest BCUT2D eigenvalue weighted by Gasteiger charge is -2.15. The molecule has 132 valence electrons. The van der Waals surface area contributed by atoms with Crippen LogP contribution in [-0.4, -0.2) is 13.1 Å². The third-order valence-corrected chi connectivity index (χ3v) is 5.98. The first-order valence-corrected chi connectivity index (χ1v) is 10.0. The van der Waals surface area contributed by atoms with E-state index in [4.69, 9.17) is 4.74 Å². The molecule has 3 aliphatic carbocycles. The SMILES string of the molecule is COC(=O)/C=C1\C(CC2CCCC2)=CC2=C1CCCCCCCC2. The lowest BCUT2D eigenvalue weighted by atomic mass is 9.89. The molecule has 0 aromatic heterocycles. The molecule has 2 heteroatoms. The molecule has 0 aliphatic heterocycles. The molecule has 3 aliphatic rings. The molecule has 0 saturated heterocycles. The lowest BCUT2D eigenvalue weighted by molar-refractivity contribution is -0.134. The van der Waals surface area contributed by atoms with Crippen molar-refractivity contribution in [3.05, 3.63) is 34.4 Å². The zero-order valence-corrected chi connectivity index (χ0v) is 15.2. The first kappa shape index (κ1) is 17.5. The minimum Gasteiger partial charge on any atom is -0.466 e. The highest BCUT2D eigenvalue weighted by Gasteiger charge is 2.26. The van der Waals surface area contributed by atoms with Crippen molar-refractivity contribution in [1.29, 1.82) is 0 Å². The van der Waals surface area contributed by atoms with Gasteiger partial charge in [0, 0.05) is 6.08 Å². The Hall–Kier alpha value is -1.31. The van der Waals surface area contributed by atoms with Gasteiger partial charge in [-0.2, -0.15) is 0 Å². The van der Waals surface area contributed by atoms with Crippen LogP contribution in [0.2, 0.25) is 0 Å². The molecule has 0 unspecified atom stereocenters. The summed E-state index contributed by atoms with van der Waals surface area (Å²) in [5.41, 5.74) is 5.59. The Morgan fingerprint density at radius 2 is 1.71 bits per heavy atom. The van der Waals surface area contributed by atoms with Crippen molar-refractivity contribution in [2.45, 2.75) is 83.5 Å². The van der Waals surface area contributed by atoms with E-state index >= 15 is 0 Å². The Bertz CT molecular complexity index is 544. The van der Waals surface area contributed by atoms with Gasteiger partial charge in [-0.1, -0.05) is 57.4 Å². The van der Waals surface area contributed by atoms with Gasteiger partial charge in [0.25, 0.3) is 0 Å². The summed E-state index contributed by atoms with van der Waals surface area (Å²) in [5, 5.41) is 0. The fraction of sp³-hybridized carbons (Fsp3) is 0.682. The number of carbonyl (C=O) groups excluding carboxylic acids is 1. The van der Waals surface area contributed by atoms with Gasteiger partial charge in [0.15, 0.2) is 0 Å². The quantitative estimate of drug-likeness (QED) is 0.466. The van der Waals surface area contributed by atoms with Gasteiger partial charge in [-0.05, 0) is 60.3 Å². The normalized spacial score (nSPS) is 24.9. The van der Waals surface area contributed by atoms with Crippen LogP contribution in [0.3, 0.4) is 0 Å². The molecule has 0 amide bonds. The number of hydrogen-bond donors (Lipinski definition) is 0. The van der Waals surface area contributed by atoms with Crippen molar-refractivity contribution in [1.82, 2.24) is 0 Å². The molecule has 1 saturated carbocycles. The van der Waals surface area contributed by atoms with Crippen LogP contribution < -0.4 is 0 Å². The van der Waals surface area contributed by atoms with Crippen molar-refractivity contribution in [2.24, 2.45) is 5.92 Å². The number of carbonyl (C=O) groups is 1. The maximum Gasteiger partial charge on any atom is 0.331 e. The van der Waals surface area contributed by atoms with Gasteiger partial charge < -0.3 is 4.74 Å². The summed E-state index contributed by atoms with van der Waals surface area (Å²) in [4.78, 5) is 12.0. The number of hydrogen-bond acceptors (Lipinski definition) is 2. The summed E-state index contributed by atoms with van der Waals surface area (Å²) in [6.45, 7) is 0. The van der Waals surface area contributed by atoms with E-state index in [2.05, 4.69) is 6.08 Å². The fourth-order valence-corrected chi connectivity index (χ4v) is 4.64. The maximum atomic E-state index is 12.0. The standard InChI is InChI=1S/C22H32O2/c1-24-22(23)16-21-19(14-17-10-8-9-11-17)15-18-12-6-4-2-3-5-7-13-20(18)21/h15-17H,2-14H2,1H3/b21-16+. The van der Waals surface area contributed by atoms with Crippen LogP contribution in [-0.2, 0) is 9.53 Å². The second-order valence-electron chi connectivity index (χ2n) is 7.73. The first-order chi connectivity index (χ1) is 11.8. The predicted octanol–water partition coefficient (Wildman–Crippen LogP) is 6.04. The summed E-state index contributed by atoms with van der Waals surface area (Å²) in [5.74, 6) is 0.613. The first-order valence-electron chi connectivity index (χ1n) is 10.0. The van der Waals surface area contributed by atoms with E-state index in [9.17, 15) is 4.79 Å². The molecular formula is C22H32O2. The number of esters is 1. The molecule has 0 spiro atoms. The van der Waals surface area contributed by atoms with Gasteiger partial charge in [0.2, 0.25) is 0 Å². The summed E-state index contributed by atoms with van der Waals surface area (Å²) >= 11 is 0. The summed E-state index contributed by atoms with van der Waals surface area (Å²) in [7, 11) is 1.48. The molecule has 3 rings (SSSR count). The molecule has 0 heterocycles. The van der Waals surface area contributed by atoms with E-state index in [1.807, 2.05) is 0 Å². The largest absolute Gasteiger partial charge is 0.466 e. The monoisotopic (exact) mass is 328 g/mol. The van der Waals surface area contributed by atoms with Crippen LogP contribution in [0.5, 0.6) is 0 Å². The van der Waals surface area contributed by atoms with Gasteiger partial charge in [-0.25, -0.2) is 4.79 Å². The van der Waals surface area contributed by atoms with Gasteiger partial charge in [-0.3, -0.25) is 0 Å². The van der Waals surface area contributed by atoms with Crippen molar-refractivity contribution < 1.29 is 9.53 Å². The summed E-state index contributed by atoms with van der Waals surface area (Å²) in [6, 6.07) is 0. The van der Waals surface area contributed by atoms with Gasteiger partial charge in [-0.15, -0.1) is 0 Å². The highest BCUT2D eigenvalue weighted by Crippen LogP contribution is 2.42. The minimum absolute atomic E-state index is 0.201.